The number of nitrogens with zero attached hydrogens (tertiary/aromatic N) is 1. The maximum absolute atomic E-state index is 11.4. The molecule has 0 saturated carbocycles. The number of rotatable bonds is 5. The fourth-order valence-electron chi connectivity index (χ4n) is 1.49. The van der Waals surface area contributed by atoms with E-state index in [0.717, 1.165) is 12.8 Å². The normalized spacial score (nSPS) is 11.5. The third-order valence-electron chi connectivity index (χ3n) is 2.41. The fraction of sp³-hybridized carbons (Fsp3) is 0.385. The van der Waals surface area contributed by atoms with Crippen LogP contribution in [0.25, 0.3) is 0 Å². The van der Waals surface area contributed by atoms with Gasteiger partial charge in [0.2, 0.25) is 0 Å². The summed E-state index contributed by atoms with van der Waals surface area (Å²) in [6, 6.07) is 10.2. The lowest BCUT2D eigenvalue weighted by molar-refractivity contribution is -0.112. The van der Waals surface area contributed by atoms with Crippen LogP contribution < -0.4 is 0 Å². The van der Waals surface area contributed by atoms with Gasteiger partial charge in [0.1, 0.15) is 0 Å². The van der Waals surface area contributed by atoms with Crippen molar-refractivity contribution in [3.63, 3.8) is 0 Å². The van der Waals surface area contributed by atoms with Gasteiger partial charge in [-0.1, -0.05) is 37.3 Å². The first kappa shape index (κ1) is 11.6. The van der Waals surface area contributed by atoms with Crippen molar-refractivity contribution in [2.24, 2.45) is 4.99 Å². The summed E-state index contributed by atoms with van der Waals surface area (Å²) in [7, 11) is 1.69. The predicted octanol–water partition coefficient (Wildman–Crippen LogP) is 2.67. The Morgan fingerprint density at radius 3 is 2.47 bits per heavy atom. The van der Waals surface area contributed by atoms with E-state index in [1.165, 1.54) is 5.56 Å². The number of benzene rings is 1. The lowest BCUT2D eigenvalue weighted by atomic mass is 10.0. The van der Waals surface area contributed by atoms with Crippen LogP contribution in [0.3, 0.4) is 0 Å². The van der Waals surface area contributed by atoms with Crippen molar-refractivity contribution in [1.82, 2.24) is 0 Å². The van der Waals surface area contributed by atoms with E-state index in [2.05, 4.69) is 17.1 Å². The lowest BCUT2D eigenvalue weighted by Crippen LogP contribution is -2.13. The zero-order valence-electron chi connectivity index (χ0n) is 9.36. The van der Waals surface area contributed by atoms with Gasteiger partial charge < -0.3 is 0 Å². The summed E-state index contributed by atoms with van der Waals surface area (Å²) in [6.45, 7) is 1.87. The van der Waals surface area contributed by atoms with Gasteiger partial charge in [-0.3, -0.25) is 9.79 Å². The molecule has 0 aliphatic heterocycles. The molecule has 0 radical (unpaired) electrons. The van der Waals surface area contributed by atoms with Crippen LogP contribution >= 0.6 is 0 Å². The molecule has 2 heteroatoms. The zero-order valence-corrected chi connectivity index (χ0v) is 9.36. The molecule has 0 aliphatic rings. The van der Waals surface area contributed by atoms with Gasteiger partial charge in [0.05, 0.1) is 5.71 Å². The van der Waals surface area contributed by atoms with Gasteiger partial charge in [0, 0.05) is 13.5 Å². The average molecular weight is 203 g/mol. The molecule has 0 spiro atoms. The van der Waals surface area contributed by atoms with Crippen molar-refractivity contribution in [3.05, 3.63) is 35.9 Å². The predicted molar refractivity (Wildman–Crippen MR) is 63.4 cm³/mol. The molecule has 0 N–H and O–H groups in total. The molecule has 0 fully saturated rings. The topological polar surface area (TPSA) is 29.4 Å². The monoisotopic (exact) mass is 203 g/mol. The Morgan fingerprint density at radius 2 is 1.93 bits per heavy atom. The molecule has 15 heavy (non-hydrogen) atoms. The maximum atomic E-state index is 11.4. The summed E-state index contributed by atoms with van der Waals surface area (Å²) in [5.41, 5.74) is 1.96. The second-order valence-electron chi connectivity index (χ2n) is 3.43. The van der Waals surface area contributed by atoms with Gasteiger partial charge in [0.25, 0.3) is 0 Å². The Morgan fingerprint density at radius 1 is 1.27 bits per heavy atom. The summed E-state index contributed by atoms with van der Waals surface area (Å²) in [6.07, 6.45) is 2.17. The van der Waals surface area contributed by atoms with Crippen molar-refractivity contribution in [1.29, 1.82) is 0 Å². The number of aliphatic imine (C=N–C) groups is 1. The van der Waals surface area contributed by atoms with Crippen LogP contribution in [0.2, 0.25) is 0 Å². The van der Waals surface area contributed by atoms with Crippen molar-refractivity contribution in [2.45, 2.75) is 26.2 Å². The molecular weight excluding hydrogens is 186 g/mol. The average Bonchev–Trinajstić information content (AvgIpc) is 2.31. The molecule has 0 amide bonds. The maximum Gasteiger partial charge on any atom is 0.176 e. The number of carbonyl (C=O) groups excluding carboxylic acids is 1. The number of hydrogen-bond donors (Lipinski definition) is 0. The summed E-state index contributed by atoms with van der Waals surface area (Å²) >= 11 is 0. The number of aryl methyl sites for hydroxylation is 1. The van der Waals surface area contributed by atoms with Crippen LogP contribution in [0.1, 0.15) is 25.3 Å². The molecule has 0 heterocycles. The molecule has 0 saturated heterocycles. The van der Waals surface area contributed by atoms with E-state index in [-0.39, 0.29) is 5.78 Å². The minimum absolute atomic E-state index is 0.161. The number of carbonyl (C=O) groups is 1. The molecule has 0 atom stereocenters. The molecule has 1 rings (SSSR count). The summed E-state index contributed by atoms with van der Waals surface area (Å²) in [5, 5.41) is 0. The third kappa shape index (κ3) is 3.66. The second-order valence-corrected chi connectivity index (χ2v) is 3.43. The van der Waals surface area contributed by atoms with Crippen LogP contribution in [0.5, 0.6) is 0 Å². The fourth-order valence-corrected chi connectivity index (χ4v) is 1.49. The Labute approximate surface area is 91.0 Å². The largest absolute Gasteiger partial charge is 0.293 e. The highest BCUT2D eigenvalue weighted by Crippen LogP contribution is 2.04. The molecule has 2 nitrogen and oxygen atoms in total. The Kier molecular flexibility index (Phi) is 4.75. The van der Waals surface area contributed by atoms with E-state index >= 15 is 0 Å². The van der Waals surface area contributed by atoms with Crippen molar-refractivity contribution in [2.75, 3.05) is 7.05 Å². The van der Waals surface area contributed by atoms with E-state index in [1.807, 2.05) is 25.1 Å². The quantitative estimate of drug-likeness (QED) is 0.676. The first-order chi connectivity index (χ1) is 7.27. The van der Waals surface area contributed by atoms with E-state index in [0.29, 0.717) is 12.1 Å². The molecule has 0 unspecified atom stereocenters. The Hall–Kier alpha value is -1.44. The second kappa shape index (κ2) is 6.12. The zero-order chi connectivity index (χ0) is 11.1. The van der Waals surface area contributed by atoms with Gasteiger partial charge >= 0.3 is 0 Å². The van der Waals surface area contributed by atoms with Gasteiger partial charge in [-0.2, -0.15) is 0 Å². The van der Waals surface area contributed by atoms with E-state index in [1.54, 1.807) is 7.05 Å². The first-order valence-corrected chi connectivity index (χ1v) is 5.30. The van der Waals surface area contributed by atoms with Crippen LogP contribution in [0.4, 0.5) is 0 Å². The number of hydrogen-bond acceptors (Lipinski definition) is 2. The van der Waals surface area contributed by atoms with Crippen molar-refractivity contribution >= 4 is 11.5 Å². The molecule has 0 bridgehead atoms. The number of ketones is 1. The van der Waals surface area contributed by atoms with Crippen LogP contribution in [-0.2, 0) is 11.2 Å². The summed E-state index contributed by atoms with van der Waals surface area (Å²) in [4.78, 5) is 15.5. The lowest BCUT2D eigenvalue weighted by Gasteiger charge is -2.03. The summed E-state index contributed by atoms with van der Waals surface area (Å²) < 4.78 is 0. The van der Waals surface area contributed by atoms with E-state index < -0.39 is 0 Å². The van der Waals surface area contributed by atoms with Crippen LogP contribution in [0, 0.1) is 0 Å². The smallest absolute Gasteiger partial charge is 0.176 e. The standard InChI is InChI=1S/C13H17NO/c1-3-13(15)12(14-2)10-9-11-7-5-4-6-8-11/h4-8H,3,9-10H2,1-2H3. The first-order valence-electron chi connectivity index (χ1n) is 5.30. The van der Waals surface area contributed by atoms with Crippen LogP contribution in [-0.4, -0.2) is 18.5 Å². The molecule has 0 aliphatic carbocycles. The van der Waals surface area contributed by atoms with Gasteiger partial charge in [-0.15, -0.1) is 0 Å². The molecule has 1 aromatic rings. The molecule has 0 aromatic heterocycles. The minimum atomic E-state index is 0.161. The highest BCUT2D eigenvalue weighted by atomic mass is 16.1. The van der Waals surface area contributed by atoms with Gasteiger partial charge in [0.15, 0.2) is 5.78 Å². The van der Waals surface area contributed by atoms with Crippen molar-refractivity contribution in [3.8, 4) is 0 Å². The Balaban J connectivity index is 2.53. The van der Waals surface area contributed by atoms with Gasteiger partial charge in [-0.25, -0.2) is 0 Å². The number of Topliss-reactive ketones (excluding diaryl/α,β-unsaturated/α-hetero) is 1. The molecular formula is C13H17NO. The third-order valence-corrected chi connectivity index (χ3v) is 2.41. The van der Waals surface area contributed by atoms with Crippen molar-refractivity contribution < 1.29 is 4.79 Å². The Bertz CT molecular complexity index is 341. The van der Waals surface area contributed by atoms with E-state index in [4.69, 9.17) is 0 Å². The SMILES string of the molecule is CCC(=O)C(CCc1ccccc1)=NC. The highest BCUT2D eigenvalue weighted by molar-refractivity contribution is 6.39. The van der Waals surface area contributed by atoms with Gasteiger partial charge in [-0.05, 0) is 18.4 Å². The van der Waals surface area contributed by atoms with Crippen LogP contribution in [0.15, 0.2) is 35.3 Å². The highest BCUT2D eigenvalue weighted by Gasteiger charge is 2.07. The summed E-state index contributed by atoms with van der Waals surface area (Å²) in [5.74, 6) is 0.161. The van der Waals surface area contributed by atoms with E-state index in [9.17, 15) is 4.79 Å². The minimum Gasteiger partial charge on any atom is -0.293 e. The molecule has 80 valence electrons. The molecule has 1 aromatic carbocycles.